The largest absolute Gasteiger partial charge is 0.315 e. The zero-order valence-electron chi connectivity index (χ0n) is 10.6. The fourth-order valence-electron chi connectivity index (χ4n) is 2.89. The van der Waals surface area contributed by atoms with Gasteiger partial charge in [-0.05, 0) is 44.2 Å². The molecule has 1 saturated carbocycles. The van der Waals surface area contributed by atoms with E-state index < -0.39 is 0 Å². The molecule has 3 nitrogen and oxygen atoms in total. The Bertz CT molecular complexity index is 305. The van der Waals surface area contributed by atoms with Crippen molar-refractivity contribution < 1.29 is 0 Å². The molecule has 1 aliphatic rings. The number of hydrogen-bond donors (Lipinski definition) is 1. The van der Waals surface area contributed by atoms with Crippen LogP contribution < -0.4 is 5.32 Å². The SMILES string of the molecule is CNC1CCC(C(C)C)CC1n1cccn1. The summed E-state index contributed by atoms with van der Waals surface area (Å²) < 4.78 is 2.13. The van der Waals surface area contributed by atoms with Gasteiger partial charge in [0.1, 0.15) is 0 Å². The van der Waals surface area contributed by atoms with E-state index >= 15 is 0 Å². The van der Waals surface area contributed by atoms with Crippen LogP contribution in [0.2, 0.25) is 0 Å². The highest BCUT2D eigenvalue weighted by Gasteiger charge is 2.32. The first-order chi connectivity index (χ1) is 7.72. The second-order valence-corrected chi connectivity index (χ2v) is 5.27. The quantitative estimate of drug-likeness (QED) is 0.849. The lowest BCUT2D eigenvalue weighted by molar-refractivity contribution is 0.167. The third-order valence-corrected chi connectivity index (χ3v) is 4.04. The molecule has 1 aliphatic carbocycles. The molecular weight excluding hydrogens is 198 g/mol. The number of nitrogens with zero attached hydrogens (tertiary/aromatic N) is 2. The molecule has 1 heterocycles. The van der Waals surface area contributed by atoms with Crippen LogP contribution in [0.1, 0.15) is 39.2 Å². The predicted molar refractivity (Wildman–Crippen MR) is 66.3 cm³/mol. The van der Waals surface area contributed by atoms with Crippen molar-refractivity contribution in [3.05, 3.63) is 18.5 Å². The molecule has 0 spiro atoms. The molecule has 0 bridgehead atoms. The lowest BCUT2D eigenvalue weighted by atomic mass is 9.77. The van der Waals surface area contributed by atoms with Crippen LogP contribution in [-0.4, -0.2) is 22.9 Å². The van der Waals surface area contributed by atoms with Gasteiger partial charge in [0.15, 0.2) is 0 Å². The Morgan fingerprint density at radius 3 is 2.75 bits per heavy atom. The Balaban J connectivity index is 2.11. The lowest BCUT2D eigenvalue weighted by Crippen LogP contribution is -2.41. The minimum Gasteiger partial charge on any atom is -0.315 e. The van der Waals surface area contributed by atoms with Crippen molar-refractivity contribution in [3.63, 3.8) is 0 Å². The van der Waals surface area contributed by atoms with E-state index in [2.05, 4.69) is 42.2 Å². The highest BCUT2D eigenvalue weighted by Crippen LogP contribution is 2.36. The summed E-state index contributed by atoms with van der Waals surface area (Å²) in [5.41, 5.74) is 0. The van der Waals surface area contributed by atoms with Crippen molar-refractivity contribution in [3.8, 4) is 0 Å². The Kier molecular flexibility index (Phi) is 3.64. The monoisotopic (exact) mass is 221 g/mol. The Morgan fingerprint density at radius 1 is 1.38 bits per heavy atom. The molecule has 0 aliphatic heterocycles. The summed E-state index contributed by atoms with van der Waals surface area (Å²) in [6.45, 7) is 4.68. The van der Waals surface area contributed by atoms with Crippen molar-refractivity contribution >= 4 is 0 Å². The number of aromatic nitrogens is 2. The van der Waals surface area contributed by atoms with Gasteiger partial charge in [-0.2, -0.15) is 5.10 Å². The second kappa shape index (κ2) is 5.00. The Morgan fingerprint density at radius 2 is 2.19 bits per heavy atom. The maximum absolute atomic E-state index is 4.41. The molecule has 1 aromatic heterocycles. The minimum atomic E-state index is 0.529. The van der Waals surface area contributed by atoms with Crippen LogP contribution in [0, 0.1) is 11.8 Å². The van der Waals surface area contributed by atoms with Gasteiger partial charge in [-0.15, -0.1) is 0 Å². The van der Waals surface area contributed by atoms with Gasteiger partial charge < -0.3 is 5.32 Å². The third-order valence-electron chi connectivity index (χ3n) is 4.04. The minimum absolute atomic E-state index is 0.529. The van der Waals surface area contributed by atoms with Gasteiger partial charge in [0.05, 0.1) is 6.04 Å². The van der Waals surface area contributed by atoms with Crippen LogP contribution in [0.25, 0.3) is 0 Å². The molecule has 1 N–H and O–H groups in total. The maximum Gasteiger partial charge on any atom is 0.0674 e. The van der Waals surface area contributed by atoms with E-state index in [0.717, 1.165) is 11.8 Å². The zero-order valence-corrected chi connectivity index (χ0v) is 10.6. The molecule has 0 saturated heterocycles. The molecule has 3 heteroatoms. The van der Waals surface area contributed by atoms with Gasteiger partial charge in [-0.3, -0.25) is 4.68 Å². The van der Waals surface area contributed by atoms with E-state index in [1.54, 1.807) is 0 Å². The second-order valence-electron chi connectivity index (χ2n) is 5.27. The fourth-order valence-corrected chi connectivity index (χ4v) is 2.89. The molecule has 0 aromatic carbocycles. The fraction of sp³-hybridized carbons (Fsp3) is 0.769. The maximum atomic E-state index is 4.41. The molecule has 1 fully saturated rings. The Hall–Kier alpha value is -0.830. The highest BCUT2D eigenvalue weighted by molar-refractivity contribution is 4.91. The van der Waals surface area contributed by atoms with Crippen LogP contribution >= 0.6 is 0 Å². The van der Waals surface area contributed by atoms with Gasteiger partial charge in [0, 0.05) is 18.4 Å². The zero-order chi connectivity index (χ0) is 11.5. The van der Waals surface area contributed by atoms with Crippen molar-refractivity contribution in [2.75, 3.05) is 7.05 Å². The molecule has 0 radical (unpaired) electrons. The van der Waals surface area contributed by atoms with Crippen molar-refractivity contribution in [1.29, 1.82) is 0 Å². The average Bonchev–Trinajstić information content (AvgIpc) is 2.81. The van der Waals surface area contributed by atoms with Crippen molar-refractivity contribution in [2.45, 2.75) is 45.2 Å². The van der Waals surface area contributed by atoms with E-state index in [0.29, 0.717) is 12.1 Å². The lowest BCUT2D eigenvalue weighted by Gasteiger charge is -2.37. The van der Waals surface area contributed by atoms with E-state index in [1.807, 2.05) is 12.3 Å². The standard InChI is InChI=1S/C13H23N3/c1-10(2)11-5-6-12(14-3)13(9-11)16-8-4-7-15-16/h4,7-8,10-14H,5-6,9H2,1-3H3. The van der Waals surface area contributed by atoms with Crippen LogP contribution in [0.3, 0.4) is 0 Å². The summed E-state index contributed by atoms with van der Waals surface area (Å²) >= 11 is 0. The number of likely N-dealkylation sites (N-methyl/N-ethyl adjacent to an activating group) is 1. The van der Waals surface area contributed by atoms with Gasteiger partial charge in [-0.25, -0.2) is 0 Å². The van der Waals surface area contributed by atoms with Gasteiger partial charge in [0.2, 0.25) is 0 Å². The summed E-state index contributed by atoms with van der Waals surface area (Å²) in [6.07, 6.45) is 7.85. The molecule has 2 rings (SSSR count). The first-order valence-electron chi connectivity index (χ1n) is 6.38. The molecule has 3 atom stereocenters. The van der Waals surface area contributed by atoms with Crippen LogP contribution in [0.5, 0.6) is 0 Å². The van der Waals surface area contributed by atoms with Gasteiger partial charge in [0.25, 0.3) is 0 Å². The smallest absolute Gasteiger partial charge is 0.0674 e. The molecule has 3 unspecified atom stereocenters. The van der Waals surface area contributed by atoms with Crippen LogP contribution in [-0.2, 0) is 0 Å². The summed E-state index contributed by atoms with van der Waals surface area (Å²) in [5, 5.41) is 7.85. The van der Waals surface area contributed by atoms with Gasteiger partial charge >= 0.3 is 0 Å². The number of hydrogen-bond acceptors (Lipinski definition) is 2. The first-order valence-corrected chi connectivity index (χ1v) is 6.38. The third kappa shape index (κ3) is 2.29. The molecule has 1 aromatic rings. The summed E-state index contributed by atoms with van der Waals surface area (Å²) in [6, 6.07) is 3.13. The predicted octanol–water partition coefficient (Wildman–Crippen LogP) is 2.47. The van der Waals surface area contributed by atoms with E-state index in [1.165, 1.54) is 19.3 Å². The summed E-state index contributed by atoms with van der Waals surface area (Å²) in [5.74, 6) is 1.63. The van der Waals surface area contributed by atoms with Crippen molar-refractivity contribution in [2.24, 2.45) is 11.8 Å². The summed E-state index contributed by atoms with van der Waals surface area (Å²) in [7, 11) is 2.07. The van der Waals surface area contributed by atoms with Crippen molar-refractivity contribution in [1.82, 2.24) is 15.1 Å². The van der Waals surface area contributed by atoms with Gasteiger partial charge in [-0.1, -0.05) is 13.8 Å². The van der Waals surface area contributed by atoms with E-state index in [9.17, 15) is 0 Å². The normalized spacial score (nSPS) is 30.9. The number of rotatable bonds is 3. The van der Waals surface area contributed by atoms with E-state index in [4.69, 9.17) is 0 Å². The van der Waals surface area contributed by atoms with E-state index in [-0.39, 0.29) is 0 Å². The average molecular weight is 221 g/mol. The van der Waals surface area contributed by atoms with Crippen LogP contribution in [0.15, 0.2) is 18.5 Å². The summed E-state index contributed by atoms with van der Waals surface area (Å²) in [4.78, 5) is 0. The molecule has 16 heavy (non-hydrogen) atoms. The topological polar surface area (TPSA) is 29.9 Å². The first kappa shape index (κ1) is 11.6. The molecule has 0 amide bonds. The highest BCUT2D eigenvalue weighted by atomic mass is 15.3. The van der Waals surface area contributed by atoms with Crippen LogP contribution in [0.4, 0.5) is 0 Å². The Labute approximate surface area is 98.2 Å². The molecular formula is C13H23N3. The molecule has 90 valence electrons. The number of nitrogens with one attached hydrogen (secondary N) is 1.